The Morgan fingerprint density at radius 3 is 1.81 bits per heavy atom. The summed E-state index contributed by atoms with van der Waals surface area (Å²) in [5, 5.41) is 39.0. The minimum Gasteiger partial charge on any atom is -0.507 e. The molecule has 5 N–H and O–H groups in total. The lowest BCUT2D eigenvalue weighted by Crippen LogP contribution is -2.35. The standard InChI is InChI=1S/C40H49N5O12S2/c1-39(2,58)20-31(48)43-41-27-10-8-23-15-26(18-30(47)36(23)27)56-13-5-7-35(53)57-45-33(50)16-24(38(45)54)19-40(3,59)21-32(49)44-42-28-11-9-22-14-25(17-29(46)37(22)28)55-12-4-6-34(51)52/h14-15,17-18,24,46-47,58-59H,4-13,16,19-21H2,1-3H3,(H,43,48)(H,44,49)(H,51,52)/b41-27+,42-28+. The highest BCUT2D eigenvalue weighted by Crippen LogP contribution is 2.37. The molecule has 2 unspecified atom stereocenters. The summed E-state index contributed by atoms with van der Waals surface area (Å²) in [7, 11) is 0. The number of ether oxygens (including phenoxy) is 2. The smallest absolute Gasteiger partial charge is 0.333 e. The van der Waals surface area contributed by atoms with Crippen molar-refractivity contribution in [2.45, 2.75) is 107 Å². The van der Waals surface area contributed by atoms with Crippen LogP contribution in [-0.4, -0.2) is 90.1 Å². The number of phenols is 2. The Morgan fingerprint density at radius 2 is 1.31 bits per heavy atom. The Bertz CT molecular complexity index is 2060. The number of carbonyl (C=O) groups is 6. The quantitative estimate of drug-likeness (QED) is 0.0457. The number of carbonyl (C=O) groups excluding carboxylic acids is 5. The fourth-order valence-electron chi connectivity index (χ4n) is 7.09. The number of rotatable bonds is 19. The van der Waals surface area contributed by atoms with E-state index in [1.165, 1.54) is 12.1 Å². The Balaban J connectivity index is 1.04. The van der Waals surface area contributed by atoms with Gasteiger partial charge in [-0.05, 0) is 68.2 Å². The summed E-state index contributed by atoms with van der Waals surface area (Å²) in [6.45, 7) is 5.52. The van der Waals surface area contributed by atoms with E-state index in [9.17, 15) is 39.0 Å². The van der Waals surface area contributed by atoms with Crippen molar-refractivity contribution in [2.75, 3.05) is 13.2 Å². The van der Waals surface area contributed by atoms with Crippen molar-refractivity contribution in [3.05, 3.63) is 46.5 Å². The molecule has 1 fully saturated rings. The van der Waals surface area contributed by atoms with Crippen molar-refractivity contribution in [2.24, 2.45) is 16.1 Å². The zero-order valence-corrected chi connectivity index (χ0v) is 34.8. The third-order valence-corrected chi connectivity index (χ3v) is 10.1. The first kappa shape index (κ1) is 44.8. The Labute approximate surface area is 351 Å². The van der Waals surface area contributed by atoms with Crippen LogP contribution in [0.1, 0.15) is 107 Å². The number of amides is 4. The lowest BCUT2D eigenvalue weighted by atomic mass is 9.91. The number of aromatic hydroxyl groups is 2. The number of benzene rings is 2. The monoisotopic (exact) mass is 855 g/mol. The number of hydroxylamine groups is 2. The van der Waals surface area contributed by atoms with Gasteiger partial charge in [0.2, 0.25) is 11.8 Å². The number of imide groups is 1. The molecule has 19 heteroatoms. The van der Waals surface area contributed by atoms with Crippen LogP contribution in [0.25, 0.3) is 0 Å². The van der Waals surface area contributed by atoms with Gasteiger partial charge in [0.05, 0.1) is 37.0 Å². The number of aryl methyl sites for hydroxylation is 2. The van der Waals surface area contributed by atoms with Gasteiger partial charge in [0.15, 0.2) is 0 Å². The lowest BCUT2D eigenvalue weighted by molar-refractivity contribution is -0.198. The molecule has 2 atom stereocenters. The Morgan fingerprint density at radius 1 is 0.797 bits per heavy atom. The second kappa shape index (κ2) is 19.2. The third kappa shape index (κ3) is 12.6. The molecule has 0 spiro atoms. The van der Waals surface area contributed by atoms with E-state index in [4.69, 9.17) is 19.4 Å². The van der Waals surface area contributed by atoms with E-state index in [1.807, 2.05) is 13.8 Å². The van der Waals surface area contributed by atoms with Crippen LogP contribution in [0.5, 0.6) is 23.0 Å². The van der Waals surface area contributed by atoms with Crippen LogP contribution >= 0.6 is 25.3 Å². The number of aliphatic carboxylic acids is 1. The van der Waals surface area contributed by atoms with Gasteiger partial charge >= 0.3 is 11.9 Å². The summed E-state index contributed by atoms with van der Waals surface area (Å²) in [4.78, 5) is 79.3. The van der Waals surface area contributed by atoms with Crippen molar-refractivity contribution in [3.8, 4) is 23.0 Å². The van der Waals surface area contributed by atoms with Crippen molar-refractivity contribution in [1.82, 2.24) is 15.9 Å². The molecule has 5 rings (SSSR count). The summed E-state index contributed by atoms with van der Waals surface area (Å²) in [6, 6.07) is 6.34. The average Bonchev–Trinajstić information content (AvgIpc) is 3.81. The van der Waals surface area contributed by atoms with Crippen LogP contribution < -0.4 is 20.3 Å². The Kier molecular flexibility index (Phi) is 14.6. The molecule has 1 heterocycles. The van der Waals surface area contributed by atoms with E-state index < -0.39 is 45.1 Å². The number of hydrogen-bond acceptors (Lipinski definition) is 15. The molecule has 2 aliphatic carbocycles. The summed E-state index contributed by atoms with van der Waals surface area (Å²) < 4.78 is 9.77. The first-order chi connectivity index (χ1) is 27.8. The number of fused-ring (bicyclic) bond motifs is 2. The van der Waals surface area contributed by atoms with Crippen LogP contribution in [0.2, 0.25) is 0 Å². The largest absolute Gasteiger partial charge is 0.507 e. The predicted octanol–water partition coefficient (Wildman–Crippen LogP) is 4.13. The maximum Gasteiger partial charge on any atom is 0.333 e. The molecule has 318 valence electrons. The second-order valence-electron chi connectivity index (χ2n) is 15.7. The van der Waals surface area contributed by atoms with Gasteiger partial charge in [0.1, 0.15) is 23.0 Å². The van der Waals surface area contributed by atoms with Crippen LogP contribution in [-0.2, 0) is 46.4 Å². The number of nitrogens with one attached hydrogen (secondary N) is 2. The molecule has 3 aliphatic rings. The van der Waals surface area contributed by atoms with E-state index in [0.717, 1.165) is 11.1 Å². The molecule has 4 amide bonds. The molecule has 59 heavy (non-hydrogen) atoms. The maximum absolute atomic E-state index is 13.1. The SMILES string of the molecule is CC(C)(S)CC(=O)N/N=C1\CCc2cc(OCCCC(=O)ON3C(=O)CC(CC(C)(S)CC(=O)N/N=C4\CCc5cc(OCCCC(=O)O)cc(O)c54)C3=O)cc(O)c21. The summed E-state index contributed by atoms with van der Waals surface area (Å²) in [5.41, 5.74) is 8.59. The molecule has 1 aliphatic heterocycles. The molecule has 2 aromatic rings. The van der Waals surface area contributed by atoms with Gasteiger partial charge in [-0.2, -0.15) is 35.5 Å². The number of hydrogen-bond donors (Lipinski definition) is 7. The summed E-state index contributed by atoms with van der Waals surface area (Å²) in [6.07, 6.45) is 2.16. The van der Waals surface area contributed by atoms with Gasteiger partial charge in [0, 0.05) is 58.4 Å². The van der Waals surface area contributed by atoms with Gasteiger partial charge in [-0.3, -0.25) is 24.0 Å². The van der Waals surface area contributed by atoms with E-state index >= 15 is 0 Å². The second-order valence-corrected chi connectivity index (χ2v) is 18.0. The van der Waals surface area contributed by atoms with Gasteiger partial charge in [-0.1, -0.05) is 20.8 Å². The van der Waals surface area contributed by atoms with Crippen LogP contribution in [0.3, 0.4) is 0 Å². The predicted molar refractivity (Wildman–Crippen MR) is 220 cm³/mol. The molecular formula is C40H49N5O12S2. The fourth-order valence-corrected chi connectivity index (χ4v) is 7.60. The van der Waals surface area contributed by atoms with Gasteiger partial charge in [0.25, 0.3) is 11.8 Å². The van der Waals surface area contributed by atoms with Crippen LogP contribution in [0.4, 0.5) is 0 Å². The molecule has 0 bridgehead atoms. The average molecular weight is 856 g/mol. The lowest BCUT2D eigenvalue weighted by Gasteiger charge is -2.25. The highest BCUT2D eigenvalue weighted by atomic mass is 32.1. The van der Waals surface area contributed by atoms with E-state index in [-0.39, 0.29) is 75.6 Å². The first-order valence-electron chi connectivity index (χ1n) is 19.2. The zero-order chi connectivity index (χ0) is 43.1. The van der Waals surface area contributed by atoms with E-state index in [0.29, 0.717) is 71.2 Å². The van der Waals surface area contributed by atoms with E-state index in [1.54, 1.807) is 19.1 Å². The number of carboxylic acids is 1. The number of hydrazone groups is 2. The molecule has 0 aromatic heterocycles. The van der Waals surface area contributed by atoms with Crippen molar-refractivity contribution < 1.29 is 58.4 Å². The maximum atomic E-state index is 13.1. The molecule has 2 aromatic carbocycles. The molecular weight excluding hydrogens is 807 g/mol. The molecule has 1 saturated heterocycles. The normalized spacial score (nSPS) is 18.4. The van der Waals surface area contributed by atoms with Gasteiger partial charge < -0.3 is 29.6 Å². The van der Waals surface area contributed by atoms with Crippen LogP contribution in [0, 0.1) is 5.92 Å². The summed E-state index contributed by atoms with van der Waals surface area (Å²) in [5.74, 6) is -4.20. The first-order valence-corrected chi connectivity index (χ1v) is 20.1. The molecule has 0 saturated carbocycles. The van der Waals surface area contributed by atoms with Crippen molar-refractivity contribution in [3.63, 3.8) is 0 Å². The minimum absolute atomic E-state index is 0.0233. The zero-order valence-electron chi connectivity index (χ0n) is 33.0. The number of thiol groups is 2. The number of carboxylic acid groups (broad SMARTS) is 1. The van der Waals surface area contributed by atoms with Crippen LogP contribution in [0.15, 0.2) is 34.5 Å². The highest BCUT2D eigenvalue weighted by molar-refractivity contribution is 7.82. The summed E-state index contributed by atoms with van der Waals surface area (Å²) >= 11 is 8.96. The molecule has 0 radical (unpaired) electrons. The molecule has 17 nitrogen and oxygen atoms in total. The minimum atomic E-state index is -1.05. The third-order valence-electron chi connectivity index (χ3n) is 9.62. The van der Waals surface area contributed by atoms with E-state index in [2.05, 4.69) is 46.3 Å². The topological polar surface area (TPSA) is 243 Å². The van der Waals surface area contributed by atoms with Crippen molar-refractivity contribution >= 4 is 72.2 Å². The van der Waals surface area contributed by atoms with Crippen molar-refractivity contribution in [1.29, 1.82) is 0 Å². The highest BCUT2D eigenvalue weighted by Gasteiger charge is 2.44. The number of nitrogens with zero attached hydrogens (tertiary/aromatic N) is 3. The fraction of sp³-hybridized carbons (Fsp3) is 0.500. The number of phenolic OH excluding ortho intramolecular Hbond substituents is 2. The van der Waals surface area contributed by atoms with Gasteiger partial charge in [-0.15, -0.1) is 5.06 Å². The van der Waals surface area contributed by atoms with Gasteiger partial charge in [-0.25, -0.2) is 15.6 Å². The Hall–Kier alpha value is -5.30.